The number of nitrogens with one attached hydrogen (secondary N) is 2. The number of benzene rings is 1. The SMILES string of the molecule is CCOC(=O)Oc1ccc(C(=O)NCCNC(=O)CC2CCOCC2)cc1. The topological polar surface area (TPSA) is 103 Å². The van der Waals surface area contributed by atoms with E-state index >= 15 is 0 Å². The molecule has 0 aliphatic carbocycles. The van der Waals surface area contributed by atoms with Crippen molar-refractivity contribution in [3.63, 3.8) is 0 Å². The number of carbonyl (C=O) groups excluding carboxylic acids is 3. The third-order valence-corrected chi connectivity index (χ3v) is 4.13. The van der Waals surface area contributed by atoms with Gasteiger partial charge in [-0.05, 0) is 49.9 Å². The zero-order chi connectivity index (χ0) is 19.5. The Labute approximate surface area is 158 Å². The smallest absolute Gasteiger partial charge is 0.434 e. The molecule has 1 heterocycles. The Kier molecular flexibility index (Phi) is 8.57. The molecule has 148 valence electrons. The minimum absolute atomic E-state index is 0.00313. The summed E-state index contributed by atoms with van der Waals surface area (Å²) in [7, 11) is 0. The molecule has 27 heavy (non-hydrogen) atoms. The molecular formula is C19H26N2O6. The molecule has 0 atom stereocenters. The van der Waals surface area contributed by atoms with Crippen molar-refractivity contribution in [1.29, 1.82) is 0 Å². The van der Waals surface area contributed by atoms with Gasteiger partial charge >= 0.3 is 6.16 Å². The molecule has 1 aromatic rings. The zero-order valence-corrected chi connectivity index (χ0v) is 15.5. The maximum Gasteiger partial charge on any atom is 0.513 e. The fourth-order valence-electron chi connectivity index (χ4n) is 2.68. The van der Waals surface area contributed by atoms with Crippen molar-refractivity contribution in [3.8, 4) is 5.75 Å². The summed E-state index contributed by atoms with van der Waals surface area (Å²) < 4.78 is 14.9. The van der Waals surface area contributed by atoms with Crippen LogP contribution in [0, 0.1) is 5.92 Å². The van der Waals surface area contributed by atoms with Gasteiger partial charge in [0.25, 0.3) is 5.91 Å². The van der Waals surface area contributed by atoms with Crippen LogP contribution in [0.2, 0.25) is 0 Å². The Bertz CT molecular complexity index is 626. The maximum atomic E-state index is 12.1. The fourth-order valence-corrected chi connectivity index (χ4v) is 2.68. The summed E-state index contributed by atoms with van der Waals surface area (Å²) in [5, 5.41) is 5.55. The molecule has 8 nitrogen and oxygen atoms in total. The van der Waals surface area contributed by atoms with E-state index in [2.05, 4.69) is 15.4 Å². The van der Waals surface area contributed by atoms with Gasteiger partial charge in [0.15, 0.2) is 0 Å². The van der Waals surface area contributed by atoms with Gasteiger partial charge in [0.2, 0.25) is 5.91 Å². The molecule has 2 N–H and O–H groups in total. The first kappa shape index (κ1) is 20.7. The Hall–Kier alpha value is -2.61. The lowest BCUT2D eigenvalue weighted by molar-refractivity contribution is -0.122. The summed E-state index contributed by atoms with van der Waals surface area (Å²) in [4.78, 5) is 35.2. The van der Waals surface area contributed by atoms with Crippen molar-refractivity contribution < 1.29 is 28.6 Å². The summed E-state index contributed by atoms with van der Waals surface area (Å²) in [6.45, 7) is 4.06. The van der Waals surface area contributed by atoms with Gasteiger partial charge in [0, 0.05) is 38.3 Å². The molecule has 0 bridgehead atoms. The second-order valence-corrected chi connectivity index (χ2v) is 6.18. The second kappa shape index (κ2) is 11.2. The standard InChI is InChI=1S/C19H26N2O6/c1-2-26-19(24)27-16-5-3-15(4-6-16)18(23)21-10-9-20-17(22)13-14-7-11-25-12-8-14/h3-6,14H,2,7-13H2,1H3,(H,20,22)(H,21,23). The first-order chi connectivity index (χ1) is 13.1. The lowest BCUT2D eigenvalue weighted by Gasteiger charge is -2.21. The van der Waals surface area contributed by atoms with E-state index in [1.54, 1.807) is 19.1 Å². The summed E-state index contributed by atoms with van der Waals surface area (Å²) in [6, 6.07) is 6.13. The molecule has 1 aromatic carbocycles. The van der Waals surface area contributed by atoms with E-state index in [1.807, 2.05) is 0 Å². The minimum Gasteiger partial charge on any atom is -0.434 e. The van der Waals surface area contributed by atoms with Crippen LogP contribution in [0.1, 0.15) is 36.5 Å². The molecule has 0 aromatic heterocycles. The molecule has 2 amide bonds. The molecule has 1 aliphatic rings. The lowest BCUT2D eigenvalue weighted by atomic mass is 9.96. The number of amides is 2. The number of carbonyl (C=O) groups is 3. The van der Waals surface area contributed by atoms with Gasteiger partial charge in [-0.2, -0.15) is 0 Å². The van der Waals surface area contributed by atoms with Crippen molar-refractivity contribution in [1.82, 2.24) is 10.6 Å². The Morgan fingerprint density at radius 1 is 1.07 bits per heavy atom. The van der Waals surface area contributed by atoms with Gasteiger partial charge in [-0.15, -0.1) is 0 Å². The van der Waals surface area contributed by atoms with E-state index < -0.39 is 6.16 Å². The zero-order valence-electron chi connectivity index (χ0n) is 15.5. The van der Waals surface area contributed by atoms with Gasteiger partial charge in [0.05, 0.1) is 6.61 Å². The highest BCUT2D eigenvalue weighted by Crippen LogP contribution is 2.18. The fraction of sp³-hybridized carbons (Fsp3) is 0.526. The number of hydrogen-bond donors (Lipinski definition) is 2. The average Bonchev–Trinajstić information content (AvgIpc) is 2.66. The molecule has 1 fully saturated rings. The molecule has 2 rings (SSSR count). The van der Waals surface area contributed by atoms with Crippen molar-refractivity contribution in [2.24, 2.45) is 5.92 Å². The van der Waals surface area contributed by atoms with Crippen molar-refractivity contribution >= 4 is 18.0 Å². The summed E-state index contributed by atoms with van der Waals surface area (Å²) in [5.41, 5.74) is 0.430. The van der Waals surface area contributed by atoms with Crippen LogP contribution in [-0.2, 0) is 14.3 Å². The van der Waals surface area contributed by atoms with E-state index in [4.69, 9.17) is 9.47 Å². The molecule has 0 unspecified atom stereocenters. The molecule has 0 saturated carbocycles. The second-order valence-electron chi connectivity index (χ2n) is 6.18. The number of hydrogen-bond acceptors (Lipinski definition) is 6. The highest BCUT2D eigenvalue weighted by molar-refractivity contribution is 5.94. The van der Waals surface area contributed by atoms with Crippen LogP contribution in [0.15, 0.2) is 24.3 Å². The van der Waals surface area contributed by atoms with E-state index in [9.17, 15) is 14.4 Å². The molecule has 8 heteroatoms. The van der Waals surface area contributed by atoms with Crippen LogP contribution in [0.5, 0.6) is 5.75 Å². The first-order valence-electron chi connectivity index (χ1n) is 9.15. The van der Waals surface area contributed by atoms with Gasteiger partial charge in [0.1, 0.15) is 5.75 Å². The van der Waals surface area contributed by atoms with Gasteiger partial charge in [-0.25, -0.2) is 4.79 Å². The average molecular weight is 378 g/mol. The largest absolute Gasteiger partial charge is 0.513 e. The van der Waals surface area contributed by atoms with Gasteiger partial charge in [-0.3, -0.25) is 9.59 Å². The molecular weight excluding hydrogens is 352 g/mol. The Morgan fingerprint density at radius 2 is 1.74 bits per heavy atom. The monoisotopic (exact) mass is 378 g/mol. The van der Waals surface area contributed by atoms with E-state index in [-0.39, 0.29) is 18.4 Å². The lowest BCUT2D eigenvalue weighted by Crippen LogP contribution is -2.35. The minimum atomic E-state index is -0.786. The highest BCUT2D eigenvalue weighted by atomic mass is 16.7. The van der Waals surface area contributed by atoms with Crippen LogP contribution in [0.25, 0.3) is 0 Å². The number of rotatable bonds is 8. The highest BCUT2D eigenvalue weighted by Gasteiger charge is 2.17. The predicted molar refractivity (Wildman–Crippen MR) is 97.6 cm³/mol. The van der Waals surface area contributed by atoms with E-state index in [0.29, 0.717) is 36.7 Å². The first-order valence-corrected chi connectivity index (χ1v) is 9.15. The van der Waals surface area contributed by atoms with Crippen LogP contribution in [0.3, 0.4) is 0 Å². The Morgan fingerprint density at radius 3 is 2.41 bits per heavy atom. The van der Waals surface area contributed by atoms with Crippen LogP contribution in [0.4, 0.5) is 4.79 Å². The van der Waals surface area contributed by atoms with Gasteiger partial charge in [-0.1, -0.05) is 0 Å². The van der Waals surface area contributed by atoms with Crippen LogP contribution in [-0.4, -0.2) is 50.9 Å². The van der Waals surface area contributed by atoms with Crippen LogP contribution >= 0.6 is 0 Å². The summed E-state index contributed by atoms with van der Waals surface area (Å²) in [5.74, 6) is 0.405. The van der Waals surface area contributed by atoms with Crippen molar-refractivity contribution in [2.45, 2.75) is 26.2 Å². The molecule has 0 radical (unpaired) electrons. The normalized spacial score (nSPS) is 14.3. The number of ether oxygens (including phenoxy) is 3. The Balaban J connectivity index is 1.64. The van der Waals surface area contributed by atoms with Crippen molar-refractivity contribution in [3.05, 3.63) is 29.8 Å². The third kappa shape index (κ3) is 7.65. The van der Waals surface area contributed by atoms with Crippen LogP contribution < -0.4 is 15.4 Å². The van der Waals surface area contributed by atoms with Crippen molar-refractivity contribution in [2.75, 3.05) is 32.9 Å². The van der Waals surface area contributed by atoms with E-state index in [0.717, 1.165) is 26.1 Å². The predicted octanol–water partition coefficient (Wildman–Crippen LogP) is 1.88. The van der Waals surface area contributed by atoms with Gasteiger partial charge < -0.3 is 24.8 Å². The molecule has 0 spiro atoms. The molecule has 1 aliphatic heterocycles. The maximum absolute atomic E-state index is 12.1. The summed E-state index contributed by atoms with van der Waals surface area (Å²) in [6.07, 6.45) is 1.55. The quantitative estimate of drug-likeness (QED) is 0.407. The summed E-state index contributed by atoms with van der Waals surface area (Å²) >= 11 is 0. The van der Waals surface area contributed by atoms with E-state index in [1.165, 1.54) is 12.1 Å². The third-order valence-electron chi connectivity index (χ3n) is 4.13. The molecule has 1 saturated heterocycles.